The van der Waals surface area contributed by atoms with Crippen molar-refractivity contribution in [2.75, 3.05) is 37.3 Å². The summed E-state index contributed by atoms with van der Waals surface area (Å²) < 4.78 is 19.4. The van der Waals surface area contributed by atoms with Gasteiger partial charge in [-0.2, -0.15) is 0 Å². The van der Waals surface area contributed by atoms with Gasteiger partial charge >= 0.3 is 6.03 Å². The molecule has 0 unspecified atom stereocenters. The maximum Gasteiger partial charge on any atom is 0.322 e. The fourth-order valence-corrected chi connectivity index (χ4v) is 5.06. The van der Waals surface area contributed by atoms with Crippen LogP contribution in [0.4, 0.5) is 20.6 Å². The maximum atomic E-state index is 13.5. The molecule has 38 heavy (non-hydrogen) atoms. The number of likely N-dealkylation sites (tertiary alicyclic amines) is 1. The van der Waals surface area contributed by atoms with Gasteiger partial charge in [-0.25, -0.2) is 9.18 Å². The Labute approximate surface area is 226 Å². The van der Waals surface area contributed by atoms with E-state index in [9.17, 15) is 14.0 Å². The van der Waals surface area contributed by atoms with E-state index in [1.54, 1.807) is 24.3 Å². The second-order valence-electron chi connectivity index (χ2n) is 9.81. The van der Waals surface area contributed by atoms with Gasteiger partial charge in [-0.05, 0) is 91.7 Å². The van der Waals surface area contributed by atoms with Gasteiger partial charge in [0.05, 0.1) is 6.54 Å². The van der Waals surface area contributed by atoms with Crippen LogP contribution < -0.4 is 15.4 Å². The number of nitrogens with zero attached hydrogens (tertiary/aromatic N) is 2. The molecule has 0 aromatic heterocycles. The molecule has 0 bridgehead atoms. The van der Waals surface area contributed by atoms with Crippen molar-refractivity contribution in [2.24, 2.45) is 0 Å². The van der Waals surface area contributed by atoms with Crippen LogP contribution in [0.1, 0.15) is 17.5 Å². The van der Waals surface area contributed by atoms with E-state index in [0.717, 1.165) is 25.9 Å². The van der Waals surface area contributed by atoms with Gasteiger partial charge in [-0.3, -0.25) is 4.79 Å². The van der Waals surface area contributed by atoms with E-state index in [1.807, 2.05) is 12.1 Å². The number of ether oxygens (including phenoxy) is 1. The van der Waals surface area contributed by atoms with Crippen LogP contribution in [0, 0.1) is 5.82 Å². The van der Waals surface area contributed by atoms with E-state index in [2.05, 4.69) is 28.6 Å². The highest BCUT2D eigenvalue weighted by Crippen LogP contribution is 2.27. The number of urea groups is 1. The van der Waals surface area contributed by atoms with E-state index in [-0.39, 0.29) is 18.3 Å². The summed E-state index contributed by atoms with van der Waals surface area (Å²) in [6.07, 6.45) is 1.76. The van der Waals surface area contributed by atoms with Crippen molar-refractivity contribution in [1.82, 2.24) is 9.80 Å². The van der Waals surface area contributed by atoms with Gasteiger partial charge in [-0.15, -0.1) is 0 Å². The first kappa shape index (κ1) is 26.0. The Morgan fingerprint density at radius 1 is 0.921 bits per heavy atom. The van der Waals surface area contributed by atoms with Gasteiger partial charge in [0.2, 0.25) is 5.91 Å². The lowest BCUT2D eigenvalue weighted by Crippen LogP contribution is -2.45. The second kappa shape index (κ2) is 11.4. The molecule has 3 aromatic rings. The van der Waals surface area contributed by atoms with Crippen molar-refractivity contribution >= 4 is 34.9 Å². The summed E-state index contributed by atoms with van der Waals surface area (Å²) >= 11 is 5.96. The van der Waals surface area contributed by atoms with Crippen molar-refractivity contribution in [1.29, 1.82) is 0 Å². The highest BCUT2D eigenvalue weighted by molar-refractivity contribution is 6.30. The summed E-state index contributed by atoms with van der Waals surface area (Å²) in [5.41, 5.74) is 3.80. The normalized spacial score (nSPS) is 19.4. The zero-order valence-electron chi connectivity index (χ0n) is 21.1. The number of hydrogen-bond donors (Lipinski definition) is 2. The van der Waals surface area contributed by atoms with Crippen molar-refractivity contribution in [3.8, 4) is 5.75 Å². The maximum absolute atomic E-state index is 13.5. The first-order valence-corrected chi connectivity index (χ1v) is 13.1. The number of anilines is 2. The predicted octanol–water partition coefficient (Wildman–Crippen LogP) is 5.20. The molecule has 1 fully saturated rings. The molecule has 2 aliphatic heterocycles. The number of benzene rings is 3. The molecule has 0 spiro atoms. The Morgan fingerprint density at radius 2 is 1.61 bits per heavy atom. The molecule has 0 radical (unpaired) electrons. The number of rotatable bonds is 5. The fraction of sp³-hybridized carbons (Fsp3) is 0.310. The fourth-order valence-electron chi connectivity index (χ4n) is 4.93. The third-order valence-electron chi connectivity index (χ3n) is 7.04. The van der Waals surface area contributed by atoms with Gasteiger partial charge < -0.3 is 25.2 Å². The monoisotopic (exact) mass is 536 g/mol. The molecule has 3 amide bonds. The Hall–Kier alpha value is -3.62. The van der Waals surface area contributed by atoms with Crippen molar-refractivity contribution in [3.05, 3.63) is 88.7 Å². The van der Waals surface area contributed by atoms with Gasteiger partial charge in [0.1, 0.15) is 23.7 Å². The lowest BCUT2D eigenvalue weighted by atomic mass is 10.0. The number of carbonyl (C=O) groups excluding carboxylic acids is 2. The van der Waals surface area contributed by atoms with Crippen LogP contribution in [0.3, 0.4) is 0 Å². The van der Waals surface area contributed by atoms with Crippen LogP contribution in [0.5, 0.6) is 5.75 Å². The van der Waals surface area contributed by atoms with Crippen LogP contribution in [0.2, 0.25) is 5.02 Å². The first-order valence-electron chi connectivity index (χ1n) is 12.7. The Morgan fingerprint density at radius 3 is 2.34 bits per heavy atom. The first-order chi connectivity index (χ1) is 18.3. The average molecular weight is 537 g/mol. The predicted molar refractivity (Wildman–Crippen MR) is 146 cm³/mol. The summed E-state index contributed by atoms with van der Waals surface area (Å²) in [7, 11) is 2.11. The molecule has 198 valence electrons. The van der Waals surface area contributed by atoms with Gasteiger partial charge in [0.25, 0.3) is 0 Å². The lowest BCUT2D eigenvalue weighted by Gasteiger charge is -2.24. The van der Waals surface area contributed by atoms with E-state index in [0.29, 0.717) is 28.6 Å². The van der Waals surface area contributed by atoms with Crippen molar-refractivity contribution < 1.29 is 18.7 Å². The number of amides is 3. The molecule has 2 atom stereocenters. The van der Waals surface area contributed by atoms with E-state index in [1.165, 1.54) is 40.3 Å². The highest BCUT2D eigenvalue weighted by atomic mass is 35.5. The molecule has 5 rings (SSSR count). The number of likely N-dealkylation sites (N-methyl/N-ethyl adjacent to an activating group) is 1. The molecule has 0 aliphatic carbocycles. The van der Waals surface area contributed by atoms with Crippen molar-refractivity contribution in [2.45, 2.75) is 31.4 Å². The summed E-state index contributed by atoms with van der Waals surface area (Å²) in [6.45, 7) is 2.17. The zero-order valence-corrected chi connectivity index (χ0v) is 21.9. The van der Waals surface area contributed by atoms with Crippen LogP contribution in [-0.4, -0.2) is 60.6 Å². The van der Waals surface area contributed by atoms with Crippen LogP contribution >= 0.6 is 11.6 Å². The molecule has 0 saturated carbocycles. The zero-order chi connectivity index (χ0) is 26.6. The molecule has 2 aliphatic rings. The molecule has 9 heteroatoms. The second-order valence-corrected chi connectivity index (χ2v) is 10.2. The smallest absolute Gasteiger partial charge is 0.322 e. The Kier molecular flexibility index (Phi) is 7.81. The van der Waals surface area contributed by atoms with Crippen LogP contribution in [0.15, 0.2) is 66.7 Å². The minimum absolute atomic E-state index is 0.200. The SMILES string of the molecule is CN1CCc2ccc(NC(=O)[C@H]3C[C@@H](Oc4ccc(F)cc4)CN3C(=O)Nc3ccc(Cl)cc3)cc2CC1. The summed E-state index contributed by atoms with van der Waals surface area (Å²) in [5, 5.41) is 6.42. The van der Waals surface area contributed by atoms with Gasteiger partial charge in [0.15, 0.2) is 0 Å². The Bertz CT molecular complexity index is 1300. The summed E-state index contributed by atoms with van der Waals surface area (Å²) in [6, 6.07) is 17.3. The Balaban J connectivity index is 1.32. The molecule has 7 nitrogen and oxygen atoms in total. The van der Waals surface area contributed by atoms with Gasteiger partial charge in [0, 0.05) is 35.9 Å². The third kappa shape index (κ3) is 6.26. The summed E-state index contributed by atoms with van der Waals surface area (Å²) in [5.74, 6) is -0.171. The number of nitrogens with one attached hydrogen (secondary N) is 2. The van der Waals surface area contributed by atoms with E-state index < -0.39 is 18.2 Å². The molecule has 3 aromatic carbocycles. The largest absolute Gasteiger partial charge is 0.488 e. The average Bonchev–Trinajstić information content (AvgIpc) is 3.24. The molecule has 2 heterocycles. The number of halogens is 2. The minimum atomic E-state index is -0.752. The standard InChI is InChI=1S/C29H30ClFN4O3/c1-34-14-12-19-2-7-24(16-20(19)13-15-34)32-28(36)27-17-26(38-25-10-5-22(31)6-11-25)18-35(27)29(37)33-23-8-3-21(30)4-9-23/h2-11,16,26-27H,12-15,17-18H2,1H3,(H,32,36)(H,33,37)/t26-,27-/m1/s1. The number of hydrogen-bond acceptors (Lipinski definition) is 4. The highest BCUT2D eigenvalue weighted by Gasteiger charge is 2.41. The third-order valence-corrected chi connectivity index (χ3v) is 7.29. The topological polar surface area (TPSA) is 73.9 Å². The molecule has 1 saturated heterocycles. The van der Waals surface area contributed by atoms with Crippen molar-refractivity contribution in [3.63, 3.8) is 0 Å². The quantitative estimate of drug-likeness (QED) is 0.470. The molecular formula is C29H30ClFN4O3. The molecular weight excluding hydrogens is 507 g/mol. The molecule has 2 N–H and O–H groups in total. The van der Waals surface area contributed by atoms with Crippen LogP contribution in [-0.2, 0) is 17.6 Å². The minimum Gasteiger partial charge on any atom is -0.488 e. The van der Waals surface area contributed by atoms with Gasteiger partial charge in [-0.1, -0.05) is 17.7 Å². The number of carbonyl (C=O) groups is 2. The van der Waals surface area contributed by atoms with E-state index >= 15 is 0 Å². The number of fused-ring (bicyclic) bond motifs is 1. The summed E-state index contributed by atoms with van der Waals surface area (Å²) in [4.78, 5) is 30.5. The lowest BCUT2D eigenvalue weighted by molar-refractivity contribution is -0.119. The van der Waals surface area contributed by atoms with E-state index in [4.69, 9.17) is 16.3 Å². The van der Waals surface area contributed by atoms with Crippen LogP contribution in [0.25, 0.3) is 0 Å².